The molecular formula is C41H41BrN4O7. The Kier molecular flexibility index (Phi) is 13.7. The normalized spacial score (nSPS) is 20.7. The van der Waals surface area contributed by atoms with E-state index >= 15 is 0 Å². The first-order valence-corrected chi connectivity index (χ1v) is 18.2. The van der Waals surface area contributed by atoms with Gasteiger partial charge in [-0.3, -0.25) is 28.8 Å². The number of rotatable bonds is 7. The Labute approximate surface area is 316 Å². The molecule has 53 heavy (non-hydrogen) atoms. The minimum absolute atomic E-state index is 0.0312. The molecule has 5 N–H and O–H groups in total. The van der Waals surface area contributed by atoms with Gasteiger partial charge in [-0.05, 0) is 72.2 Å². The molecular weight excluding hydrogens is 740 g/mol. The summed E-state index contributed by atoms with van der Waals surface area (Å²) in [6, 6.07) is 28.3. The van der Waals surface area contributed by atoms with Crippen molar-refractivity contribution in [3.63, 3.8) is 0 Å². The van der Waals surface area contributed by atoms with Crippen molar-refractivity contribution in [1.82, 2.24) is 16.0 Å². The topological polar surface area (TPSA) is 171 Å². The number of fused-ring (bicyclic) bond motifs is 18. The SMILES string of the molecule is O=C1CCC(=O)N[C@H](CCc2ccccc2)C(=O)NC(c2ccc(Br)cc2)C(=O)N[C@H](Cc2ccccc2)C(=O)C[C@H](C(=O)O)Cc2ccc(cc2)N1. The number of carboxylic acids is 1. The molecule has 4 atom stereocenters. The van der Waals surface area contributed by atoms with Gasteiger partial charge in [-0.15, -0.1) is 0 Å². The van der Waals surface area contributed by atoms with E-state index in [0.717, 1.165) is 15.6 Å². The van der Waals surface area contributed by atoms with E-state index in [1.54, 1.807) is 60.7 Å². The minimum atomic E-state index is -1.29. The Morgan fingerprint density at radius 1 is 0.660 bits per heavy atom. The van der Waals surface area contributed by atoms with Gasteiger partial charge < -0.3 is 26.4 Å². The quantitative estimate of drug-likeness (QED) is 0.163. The average molecular weight is 782 g/mol. The third-order valence-electron chi connectivity index (χ3n) is 9.05. The van der Waals surface area contributed by atoms with E-state index in [2.05, 4.69) is 37.2 Å². The number of carbonyl (C=O) groups is 6. The molecule has 2 aliphatic heterocycles. The number of hydrogen-bond acceptors (Lipinski definition) is 6. The number of aliphatic carboxylic acids is 1. The van der Waals surface area contributed by atoms with Crippen molar-refractivity contribution < 1.29 is 33.9 Å². The van der Waals surface area contributed by atoms with Crippen molar-refractivity contribution in [3.05, 3.63) is 136 Å². The van der Waals surface area contributed by atoms with Gasteiger partial charge >= 0.3 is 5.97 Å². The van der Waals surface area contributed by atoms with E-state index in [9.17, 15) is 33.9 Å². The van der Waals surface area contributed by atoms with E-state index in [1.807, 2.05) is 48.5 Å². The number of carboxylic acid groups (broad SMARTS) is 1. The molecule has 0 saturated heterocycles. The second-order valence-electron chi connectivity index (χ2n) is 13.0. The summed E-state index contributed by atoms with van der Waals surface area (Å²) in [6.07, 6.45) is 0.0281. The van der Waals surface area contributed by atoms with E-state index in [4.69, 9.17) is 0 Å². The van der Waals surface area contributed by atoms with Crippen molar-refractivity contribution in [2.24, 2.45) is 5.92 Å². The lowest BCUT2D eigenvalue weighted by atomic mass is 9.90. The molecule has 2 bridgehead atoms. The zero-order valence-corrected chi connectivity index (χ0v) is 30.5. The molecule has 0 saturated carbocycles. The van der Waals surface area contributed by atoms with Crippen molar-refractivity contribution in [3.8, 4) is 0 Å². The number of anilines is 1. The molecule has 0 fully saturated rings. The molecule has 11 nitrogen and oxygen atoms in total. The van der Waals surface area contributed by atoms with Crippen LogP contribution < -0.4 is 21.3 Å². The number of aryl methyl sites for hydroxylation is 1. The summed E-state index contributed by atoms with van der Waals surface area (Å²) in [5.74, 6) is -5.02. The van der Waals surface area contributed by atoms with E-state index in [1.165, 1.54) is 0 Å². The van der Waals surface area contributed by atoms with Crippen molar-refractivity contribution in [1.29, 1.82) is 0 Å². The molecule has 0 aromatic heterocycles. The number of carbonyl (C=O) groups excluding carboxylic acids is 5. The smallest absolute Gasteiger partial charge is 0.307 e. The van der Waals surface area contributed by atoms with Crippen LogP contribution in [0, 0.1) is 5.92 Å². The number of halogens is 1. The zero-order chi connectivity index (χ0) is 37.7. The van der Waals surface area contributed by atoms with Gasteiger partial charge in [0.2, 0.25) is 23.6 Å². The summed E-state index contributed by atoms with van der Waals surface area (Å²) in [5, 5.41) is 21.3. The van der Waals surface area contributed by atoms with Gasteiger partial charge in [0.15, 0.2) is 5.78 Å². The molecule has 274 valence electrons. The number of ketones is 1. The third-order valence-corrected chi connectivity index (χ3v) is 9.58. The minimum Gasteiger partial charge on any atom is -0.481 e. The van der Waals surface area contributed by atoms with Crippen LogP contribution in [-0.2, 0) is 48.0 Å². The van der Waals surface area contributed by atoms with Crippen LogP contribution in [0.4, 0.5) is 5.69 Å². The first kappa shape index (κ1) is 38.6. The molecule has 12 heteroatoms. The van der Waals surface area contributed by atoms with Gasteiger partial charge in [0.1, 0.15) is 12.1 Å². The lowest BCUT2D eigenvalue weighted by Gasteiger charge is -2.26. The molecule has 0 spiro atoms. The molecule has 2 aliphatic rings. The summed E-state index contributed by atoms with van der Waals surface area (Å²) < 4.78 is 0.735. The second kappa shape index (κ2) is 18.7. The maximum absolute atomic E-state index is 14.2. The Hall–Kier alpha value is -5.62. The maximum atomic E-state index is 14.2. The van der Waals surface area contributed by atoms with Gasteiger partial charge in [0.25, 0.3) is 0 Å². The summed E-state index contributed by atoms with van der Waals surface area (Å²) in [6.45, 7) is 0. The lowest BCUT2D eigenvalue weighted by molar-refractivity contribution is -0.144. The fraction of sp³-hybridized carbons (Fsp3) is 0.268. The third kappa shape index (κ3) is 11.7. The highest BCUT2D eigenvalue weighted by Gasteiger charge is 2.33. The number of Topliss-reactive ketones (excluding diaryl/α,β-unsaturated/α-hetero) is 1. The van der Waals surface area contributed by atoms with Crippen LogP contribution in [0.15, 0.2) is 114 Å². The van der Waals surface area contributed by atoms with Crippen molar-refractivity contribution in [2.75, 3.05) is 5.32 Å². The molecule has 0 aliphatic carbocycles. The fourth-order valence-electron chi connectivity index (χ4n) is 6.13. The van der Waals surface area contributed by atoms with Crippen molar-refractivity contribution in [2.45, 2.75) is 63.1 Å². The van der Waals surface area contributed by atoms with Gasteiger partial charge in [-0.2, -0.15) is 0 Å². The zero-order valence-electron chi connectivity index (χ0n) is 28.9. The van der Waals surface area contributed by atoms with Crippen LogP contribution in [0.5, 0.6) is 0 Å². The average Bonchev–Trinajstić information content (AvgIpc) is 3.15. The molecule has 4 aromatic carbocycles. The van der Waals surface area contributed by atoms with Gasteiger partial charge in [0.05, 0.1) is 12.0 Å². The highest BCUT2D eigenvalue weighted by Crippen LogP contribution is 2.22. The van der Waals surface area contributed by atoms with E-state index in [-0.39, 0.29) is 38.5 Å². The number of hydrogen-bond donors (Lipinski definition) is 5. The molecule has 0 radical (unpaired) electrons. The predicted octanol–water partition coefficient (Wildman–Crippen LogP) is 5.09. The van der Waals surface area contributed by atoms with Gasteiger partial charge in [0, 0.05) is 29.4 Å². The number of benzene rings is 4. The fourth-order valence-corrected chi connectivity index (χ4v) is 6.39. The molecule has 2 heterocycles. The Morgan fingerprint density at radius 2 is 1.28 bits per heavy atom. The lowest BCUT2D eigenvalue weighted by Crippen LogP contribution is -2.52. The standard InChI is InChI=1S/C41H41BrN4O7/c42-31-16-14-29(15-17-31)38-40(51)45-34(24-27-9-5-2-6-10-27)35(47)25-30(41(52)53)23-28-11-18-32(19-12-28)43-36(48)21-22-37(49)44-33(39(50)46-38)20-13-26-7-3-1-4-8-26/h1-12,14-19,30,33-34,38H,13,20-25H2,(H,43,48)(H,44,49)(H,45,51)(H,46,50)(H,52,53)/t30-,33-,34-,38?/m1/s1. The Bertz CT molecular complexity index is 1900. The van der Waals surface area contributed by atoms with Crippen LogP contribution in [0.3, 0.4) is 0 Å². The second-order valence-corrected chi connectivity index (χ2v) is 14.0. The van der Waals surface area contributed by atoms with E-state index in [0.29, 0.717) is 23.2 Å². The van der Waals surface area contributed by atoms with Crippen LogP contribution in [0.2, 0.25) is 0 Å². The highest BCUT2D eigenvalue weighted by atomic mass is 79.9. The number of amides is 4. The summed E-state index contributed by atoms with van der Waals surface area (Å²) in [7, 11) is 0. The van der Waals surface area contributed by atoms with Crippen LogP contribution >= 0.6 is 15.9 Å². The molecule has 4 aromatic rings. The molecule has 6 rings (SSSR count). The van der Waals surface area contributed by atoms with E-state index < -0.39 is 59.4 Å². The largest absolute Gasteiger partial charge is 0.481 e. The Balaban J connectivity index is 1.50. The maximum Gasteiger partial charge on any atom is 0.307 e. The highest BCUT2D eigenvalue weighted by molar-refractivity contribution is 9.10. The van der Waals surface area contributed by atoms with Gasteiger partial charge in [-0.25, -0.2) is 0 Å². The summed E-state index contributed by atoms with van der Waals surface area (Å²) >= 11 is 3.40. The molecule has 4 amide bonds. The monoisotopic (exact) mass is 780 g/mol. The Morgan fingerprint density at radius 3 is 1.92 bits per heavy atom. The van der Waals surface area contributed by atoms with Crippen LogP contribution in [0.25, 0.3) is 0 Å². The number of nitrogens with one attached hydrogen (secondary N) is 4. The first-order valence-electron chi connectivity index (χ1n) is 17.4. The van der Waals surface area contributed by atoms with Crippen LogP contribution in [0.1, 0.15) is 54.0 Å². The summed E-state index contributed by atoms with van der Waals surface area (Å²) in [4.78, 5) is 80.6. The summed E-state index contributed by atoms with van der Waals surface area (Å²) in [5.41, 5.74) is 3.19. The van der Waals surface area contributed by atoms with Gasteiger partial charge in [-0.1, -0.05) is 101 Å². The van der Waals surface area contributed by atoms with Crippen molar-refractivity contribution >= 4 is 57.0 Å². The van der Waals surface area contributed by atoms with Crippen LogP contribution in [-0.4, -0.2) is 52.6 Å². The predicted molar refractivity (Wildman–Crippen MR) is 203 cm³/mol. The first-order chi connectivity index (χ1) is 25.5. The molecule has 1 unspecified atom stereocenters.